The topological polar surface area (TPSA) is 0 Å². The molecule has 0 aromatic carbocycles. The van der Waals surface area contributed by atoms with Crippen LogP contribution >= 0.6 is 0 Å². The fourth-order valence-electron chi connectivity index (χ4n) is 4.62. The summed E-state index contributed by atoms with van der Waals surface area (Å²) in [5, 5.41) is 0. The van der Waals surface area contributed by atoms with Crippen LogP contribution in [-0.4, -0.2) is 0 Å². The molecule has 0 saturated carbocycles. The average Bonchev–Trinajstić information content (AvgIpc) is 2.78. The minimum Gasteiger partial charge on any atom is -0.0885 e. The van der Waals surface area contributed by atoms with Gasteiger partial charge in [0.1, 0.15) is 0 Å². The van der Waals surface area contributed by atoms with E-state index in [0.29, 0.717) is 0 Å². The minimum absolute atomic E-state index is 1.31. The Morgan fingerprint density at radius 1 is 0.258 bits per heavy atom. The lowest BCUT2D eigenvalue weighted by Crippen LogP contribution is -1.83. The van der Waals surface area contributed by atoms with Gasteiger partial charge in [-0.1, -0.05) is 174 Å². The van der Waals surface area contributed by atoms with Gasteiger partial charge in [0.25, 0.3) is 0 Å². The first kappa shape index (κ1) is 30.7. The van der Waals surface area contributed by atoms with Crippen molar-refractivity contribution in [1.29, 1.82) is 0 Å². The second-order valence-corrected chi connectivity index (χ2v) is 10.2. The fourth-order valence-corrected chi connectivity index (χ4v) is 4.62. The van der Waals surface area contributed by atoms with Crippen molar-refractivity contribution in [2.24, 2.45) is 0 Å². The van der Waals surface area contributed by atoms with Crippen LogP contribution in [0.1, 0.15) is 187 Å². The summed E-state index contributed by atoms with van der Waals surface area (Å²) >= 11 is 0. The van der Waals surface area contributed by atoms with Crippen LogP contribution in [0.15, 0.2) is 12.2 Å². The summed E-state index contributed by atoms with van der Waals surface area (Å²) in [6.07, 6.45) is 43.9. The van der Waals surface area contributed by atoms with Crippen LogP contribution in [0, 0.1) is 0 Å². The van der Waals surface area contributed by atoms with E-state index in [2.05, 4.69) is 26.0 Å². The van der Waals surface area contributed by atoms with E-state index >= 15 is 0 Å². The van der Waals surface area contributed by atoms with E-state index in [4.69, 9.17) is 0 Å². The van der Waals surface area contributed by atoms with Gasteiger partial charge in [-0.25, -0.2) is 0 Å². The van der Waals surface area contributed by atoms with Gasteiger partial charge in [0.2, 0.25) is 0 Å². The van der Waals surface area contributed by atoms with Gasteiger partial charge in [0, 0.05) is 0 Å². The molecule has 0 fully saturated rings. The largest absolute Gasteiger partial charge is 0.0885 e. The van der Waals surface area contributed by atoms with Crippen LogP contribution in [0.3, 0.4) is 0 Å². The molecule has 0 aliphatic rings. The van der Waals surface area contributed by atoms with Crippen LogP contribution in [0.5, 0.6) is 0 Å². The van der Waals surface area contributed by atoms with Gasteiger partial charge in [0.05, 0.1) is 0 Å². The van der Waals surface area contributed by atoms with Crippen LogP contribution in [0.4, 0.5) is 0 Å². The zero-order valence-electron chi connectivity index (χ0n) is 22.2. The minimum atomic E-state index is 1.31. The van der Waals surface area contributed by atoms with Gasteiger partial charge in [0.15, 0.2) is 0 Å². The fraction of sp³-hybridized carbons (Fsp3) is 0.935. The molecule has 0 aromatic rings. The molecule has 0 bridgehead atoms. The van der Waals surface area contributed by atoms with Crippen molar-refractivity contribution in [3.63, 3.8) is 0 Å². The van der Waals surface area contributed by atoms with E-state index in [9.17, 15) is 0 Å². The van der Waals surface area contributed by atoms with E-state index < -0.39 is 0 Å². The molecule has 0 rings (SSSR count). The zero-order chi connectivity index (χ0) is 22.5. The van der Waals surface area contributed by atoms with Gasteiger partial charge < -0.3 is 0 Å². The first-order valence-electron chi connectivity index (χ1n) is 15.1. The summed E-state index contributed by atoms with van der Waals surface area (Å²) in [4.78, 5) is 0. The molecule has 0 aliphatic carbocycles. The number of unbranched alkanes of at least 4 members (excludes halogenated alkanes) is 25. The molecular weight excluding hydrogens is 372 g/mol. The Morgan fingerprint density at radius 3 is 0.677 bits per heavy atom. The van der Waals surface area contributed by atoms with Crippen molar-refractivity contribution in [1.82, 2.24) is 0 Å². The van der Waals surface area contributed by atoms with E-state index in [0.717, 1.165) is 0 Å². The Balaban J connectivity index is 3.05. The lowest BCUT2D eigenvalue weighted by Gasteiger charge is -2.03. The molecule has 186 valence electrons. The predicted octanol–water partition coefficient (Wildman–Crippen LogP) is 12.1. The third kappa shape index (κ3) is 29.7. The monoisotopic (exact) mass is 434 g/mol. The number of rotatable bonds is 27. The molecule has 31 heavy (non-hydrogen) atoms. The molecule has 0 spiro atoms. The maximum atomic E-state index is 2.45. The summed E-state index contributed by atoms with van der Waals surface area (Å²) in [6, 6.07) is 0. The SMILES string of the molecule is CCCCCCCCCCC/C=C\CCCCCCCCCCCCCCCCCC. The normalized spacial score (nSPS) is 11.7. The lowest BCUT2D eigenvalue weighted by molar-refractivity contribution is 0.530. The summed E-state index contributed by atoms with van der Waals surface area (Å²) < 4.78 is 0. The van der Waals surface area contributed by atoms with Crippen LogP contribution in [0.25, 0.3) is 0 Å². The highest BCUT2D eigenvalue weighted by molar-refractivity contribution is 4.81. The van der Waals surface area contributed by atoms with Crippen molar-refractivity contribution in [3.05, 3.63) is 12.2 Å². The molecule has 0 aromatic heterocycles. The van der Waals surface area contributed by atoms with E-state index in [1.165, 1.54) is 173 Å². The Kier molecular flexibility index (Phi) is 29.5. The molecule has 0 aliphatic heterocycles. The molecule has 0 saturated heterocycles. The second-order valence-electron chi connectivity index (χ2n) is 10.2. The Labute approximate surface area is 199 Å². The Hall–Kier alpha value is -0.260. The molecular formula is C31H62. The quantitative estimate of drug-likeness (QED) is 0.0890. The molecule has 0 atom stereocenters. The van der Waals surface area contributed by atoms with E-state index in [1.54, 1.807) is 0 Å². The predicted molar refractivity (Wildman–Crippen MR) is 145 cm³/mol. The molecule has 0 nitrogen and oxygen atoms in total. The van der Waals surface area contributed by atoms with Crippen LogP contribution in [0.2, 0.25) is 0 Å². The molecule has 0 amide bonds. The third-order valence-corrected chi connectivity index (χ3v) is 6.87. The van der Waals surface area contributed by atoms with Crippen molar-refractivity contribution < 1.29 is 0 Å². The standard InChI is InChI=1S/C31H62/c1-3-5-7-9-11-13-15-17-19-21-23-25-27-29-31-30-28-26-24-22-20-18-16-14-12-10-8-6-4-2/h23,25H,3-22,24,26-31H2,1-2H3/b25-23-. The van der Waals surface area contributed by atoms with Gasteiger partial charge in [-0.05, 0) is 25.7 Å². The van der Waals surface area contributed by atoms with E-state index in [-0.39, 0.29) is 0 Å². The average molecular weight is 435 g/mol. The highest BCUT2D eigenvalue weighted by atomic mass is 14.0. The maximum absolute atomic E-state index is 2.45. The molecule has 0 heteroatoms. The number of hydrogen-bond acceptors (Lipinski definition) is 0. The first-order chi connectivity index (χ1) is 15.4. The zero-order valence-corrected chi connectivity index (χ0v) is 22.2. The van der Waals surface area contributed by atoms with Crippen LogP contribution < -0.4 is 0 Å². The maximum Gasteiger partial charge on any atom is -0.0351 e. The van der Waals surface area contributed by atoms with Crippen molar-refractivity contribution in [2.75, 3.05) is 0 Å². The Bertz CT molecular complexity index is 316. The lowest BCUT2D eigenvalue weighted by atomic mass is 10.0. The molecule has 0 unspecified atom stereocenters. The summed E-state index contributed by atoms with van der Waals surface area (Å²) in [5.74, 6) is 0. The van der Waals surface area contributed by atoms with Crippen molar-refractivity contribution in [3.8, 4) is 0 Å². The molecule has 0 N–H and O–H groups in total. The summed E-state index contributed by atoms with van der Waals surface area (Å²) in [5.41, 5.74) is 0. The van der Waals surface area contributed by atoms with Crippen molar-refractivity contribution in [2.45, 2.75) is 187 Å². The highest BCUT2D eigenvalue weighted by Gasteiger charge is 1.95. The molecule has 0 heterocycles. The summed E-state index contributed by atoms with van der Waals surface area (Å²) in [7, 11) is 0. The third-order valence-electron chi connectivity index (χ3n) is 6.87. The van der Waals surface area contributed by atoms with Gasteiger partial charge in [-0.2, -0.15) is 0 Å². The smallest absolute Gasteiger partial charge is 0.0351 e. The molecule has 0 radical (unpaired) electrons. The highest BCUT2D eigenvalue weighted by Crippen LogP contribution is 2.14. The summed E-state index contributed by atoms with van der Waals surface area (Å²) in [6.45, 7) is 4.60. The first-order valence-corrected chi connectivity index (χ1v) is 15.1. The van der Waals surface area contributed by atoms with Crippen molar-refractivity contribution >= 4 is 0 Å². The van der Waals surface area contributed by atoms with Gasteiger partial charge in [-0.15, -0.1) is 0 Å². The Morgan fingerprint density at radius 2 is 0.452 bits per heavy atom. The van der Waals surface area contributed by atoms with Gasteiger partial charge in [-0.3, -0.25) is 0 Å². The number of allylic oxidation sites excluding steroid dienone is 2. The number of hydrogen-bond donors (Lipinski definition) is 0. The van der Waals surface area contributed by atoms with E-state index in [1.807, 2.05) is 0 Å². The van der Waals surface area contributed by atoms with Gasteiger partial charge >= 0.3 is 0 Å². The second kappa shape index (κ2) is 29.7. The van der Waals surface area contributed by atoms with Crippen LogP contribution in [-0.2, 0) is 0 Å².